The molecule has 2 nitrogen and oxygen atoms in total. The minimum absolute atomic E-state index is 0.0808. The molecule has 1 aromatic heterocycles. The van der Waals surface area contributed by atoms with Crippen molar-refractivity contribution in [3.8, 4) is 0 Å². The van der Waals surface area contributed by atoms with Gasteiger partial charge >= 0.3 is 0 Å². The molecule has 0 bridgehead atoms. The number of hydrogen-bond acceptors (Lipinski definition) is 2. The second-order valence-electron chi connectivity index (χ2n) is 5.34. The molecule has 2 heteroatoms. The SMILES string of the molecule is NC(CC1=CCCCC1)c1cccc2ncccc12. The Kier molecular flexibility index (Phi) is 3.60. The third-order valence-electron chi connectivity index (χ3n) is 3.95. The number of pyridine rings is 1. The van der Waals surface area contributed by atoms with Crippen LogP contribution in [0, 0.1) is 0 Å². The minimum Gasteiger partial charge on any atom is -0.324 e. The first-order chi connectivity index (χ1) is 9.34. The molecule has 0 fully saturated rings. The highest BCUT2D eigenvalue weighted by Gasteiger charge is 2.13. The highest BCUT2D eigenvalue weighted by atomic mass is 14.7. The maximum Gasteiger partial charge on any atom is 0.0705 e. The Morgan fingerprint density at radius 1 is 1.16 bits per heavy atom. The lowest BCUT2D eigenvalue weighted by Gasteiger charge is -2.19. The van der Waals surface area contributed by atoms with Gasteiger partial charge in [-0.15, -0.1) is 0 Å². The molecule has 0 aliphatic heterocycles. The average molecular weight is 252 g/mol. The summed E-state index contributed by atoms with van der Waals surface area (Å²) in [5.74, 6) is 0. The van der Waals surface area contributed by atoms with E-state index in [1.165, 1.54) is 42.2 Å². The van der Waals surface area contributed by atoms with Gasteiger partial charge in [0.15, 0.2) is 0 Å². The molecule has 0 amide bonds. The van der Waals surface area contributed by atoms with Gasteiger partial charge in [-0.25, -0.2) is 0 Å². The van der Waals surface area contributed by atoms with E-state index in [0.717, 1.165) is 11.9 Å². The van der Waals surface area contributed by atoms with Crippen molar-refractivity contribution in [2.75, 3.05) is 0 Å². The van der Waals surface area contributed by atoms with Gasteiger partial charge in [-0.05, 0) is 49.8 Å². The standard InChI is InChI=1S/C17H20N2/c18-16(12-13-6-2-1-3-7-13)14-8-4-10-17-15(14)9-5-11-19-17/h4-6,8-11,16H,1-3,7,12,18H2. The molecule has 0 spiro atoms. The first-order valence-electron chi connectivity index (χ1n) is 7.12. The number of benzene rings is 1. The van der Waals surface area contributed by atoms with E-state index in [4.69, 9.17) is 5.73 Å². The van der Waals surface area contributed by atoms with Crippen LogP contribution in [-0.2, 0) is 0 Å². The zero-order valence-corrected chi connectivity index (χ0v) is 11.2. The van der Waals surface area contributed by atoms with Crippen LogP contribution in [0.5, 0.6) is 0 Å². The third kappa shape index (κ3) is 2.69. The largest absolute Gasteiger partial charge is 0.324 e. The van der Waals surface area contributed by atoms with E-state index < -0.39 is 0 Å². The van der Waals surface area contributed by atoms with Crippen molar-refractivity contribution < 1.29 is 0 Å². The molecule has 0 saturated carbocycles. The molecule has 3 rings (SSSR count). The van der Waals surface area contributed by atoms with Crippen molar-refractivity contribution in [1.82, 2.24) is 4.98 Å². The lowest BCUT2D eigenvalue weighted by Crippen LogP contribution is -2.12. The molecule has 0 saturated heterocycles. The van der Waals surface area contributed by atoms with E-state index in [0.29, 0.717) is 0 Å². The molecule has 1 aliphatic carbocycles. The molecule has 2 N–H and O–H groups in total. The zero-order valence-electron chi connectivity index (χ0n) is 11.2. The summed E-state index contributed by atoms with van der Waals surface area (Å²) < 4.78 is 0. The lowest BCUT2D eigenvalue weighted by molar-refractivity contribution is 0.630. The molecule has 1 aliphatic rings. The number of allylic oxidation sites excluding steroid dienone is 1. The number of nitrogens with zero attached hydrogens (tertiary/aromatic N) is 1. The van der Waals surface area contributed by atoms with Crippen LogP contribution in [0.25, 0.3) is 10.9 Å². The fourth-order valence-electron chi connectivity index (χ4n) is 2.93. The summed E-state index contributed by atoms with van der Waals surface area (Å²) in [5.41, 5.74) is 10.2. The number of rotatable bonds is 3. The minimum atomic E-state index is 0.0808. The van der Waals surface area contributed by atoms with Crippen LogP contribution in [0.1, 0.15) is 43.7 Å². The summed E-state index contributed by atoms with van der Waals surface area (Å²) >= 11 is 0. The number of hydrogen-bond donors (Lipinski definition) is 1. The molecule has 0 radical (unpaired) electrons. The average Bonchev–Trinajstić information content (AvgIpc) is 2.47. The van der Waals surface area contributed by atoms with E-state index in [2.05, 4.69) is 29.3 Å². The van der Waals surface area contributed by atoms with Crippen molar-refractivity contribution in [2.24, 2.45) is 5.73 Å². The van der Waals surface area contributed by atoms with Gasteiger partial charge < -0.3 is 5.73 Å². The van der Waals surface area contributed by atoms with Crippen LogP contribution >= 0.6 is 0 Å². The number of nitrogens with two attached hydrogens (primary N) is 1. The monoisotopic (exact) mass is 252 g/mol. The Balaban J connectivity index is 1.88. The van der Waals surface area contributed by atoms with E-state index in [-0.39, 0.29) is 6.04 Å². The fraction of sp³-hybridized carbons (Fsp3) is 0.353. The third-order valence-corrected chi connectivity index (χ3v) is 3.95. The quantitative estimate of drug-likeness (QED) is 0.834. The summed E-state index contributed by atoms with van der Waals surface area (Å²) in [7, 11) is 0. The van der Waals surface area contributed by atoms with Gasteiger partial charge in [0.2, 0.25) is 0 Å². The van der Waals surface area contributed by atoms with Gasteiger partial charge in [-0.1, -0.05) is 29.8 Å². The lowest BCUT2D eigenvalue weighted by atomic mass is 9.91. The molecule has 1 unspecified atom stereocenters. The maximum absolute atomic E-state index is 6.42. The second kappa shape index (κ2) is 5.54. The van der Waals surface area contributed by atoms with E-state index >= 15 is 0 Å². The van der Waals surface area contributed by atoms with Gasteiger partial charge in [-0.2, -0.15) is 0 Å². The predicted molar refractivity (Wildman–Crippen MR) is 79.8 cm³/mol. The molecule has 19 heavy (non-hydrogen) atoms. The number of aromatic nitrogens is 1. The van der Waals surface area contributed by atoms with E-state index in [1.54, 1.807) is 0 Å². The predicted octanol–water partition coefficient (Wildman–Crippen LogP) is 4.13. The normalized spacial score (nSPS) is 17.2. The molecule has 1 aromatic carbocycles. The Hall–Kier alpha value is -1.67. The fourth-order valence-corrected chi connectivity index (χ4v) is 2.93. The first kappa shape index (κ1) is 12.4. The van der Waals surface area contributed by atoms with Crippen LogP contribution in [0.4, 0.5) is 0 Å². The van der Waals surface area contributed by atoms with Gasteiger partial charge in [-0.3, -0.25) is 4.98 Å². The zero-order chi connectivity index (χ0) is 13.1. The molecule has 1 heterocycles. The van der Waals surface area contributed by atoms with Crippen LogP contribution in [-0.4, -0.2) is 4.98 Å². The summed E-state index contributed by atoms with van der Waals surface area (Å²) in [6, 6.07) is 10.4. The molecule has 2 aromatic rings. The second-order valence-corrected chi connectivity index (χ2v) is 5.34. The topological polar surface area (TPSA) is 38.9 Å². The van der Waals surface area contributed by atoms with Gasteiger partial charge in [0.25, 0.3) is 0 Å². The Morgan fingerprint density at radius 3 is 2.95 bits per heavy atom. The Morgan fingerprint density at radius 2 is 2.11 bits per heavy atom. The van der Waals surface area contributed by atoms with Crippen LogP contribution in [0.15, 0.2) is 48.2 Å². The Labute approximate surface area is 114 Å². The van der Waals surface area contributed by atoms with Gasteiger partial charge in [0, 0.05) is 17.6 Å². The van der Waals surface area contributed by atoms with Crippen molar-refractivity contribution >= 4 is 10.9 Å². The maximum atomic E-state index is 6.42. The highest BCUT2D eigenvalue weighted by molar-refractivity contribution is 5.82. The smallest absolute Gasteiger partial charge is 0.0705 e. The van der Waals surface area contributed by atoms with Crippen molar-refractivity contribution in [2.45, 2.75) is 38.1 Å². The van der Waals surface area contributed by atoms with Crippen LogP contribution in [0.3, 0.4) is 0 Å². The summed E-state index contributed by atoms with van der Waals surface area (Å²) in [6.45, 7) is 0. The van der Waals surface area contributed by atoms with E-state index in [1.807, 2.05) is 18.3 Å². The van der Waals surface area contributed by atoms with Crippen molar-refractivity contribution in [3.05, 3.63) is 53.7 Å². The number of fused-ring (bicyclic) bond motifs is 1. The molecule has 98 valence electrons. The van der Waals surface area contributed by atoms with Crippen molar-refractivity contribution in [3.63, 3.8) is 0 Å². The summed E-state index contributed by atoms with van der Waals surface area (Å²) in [5, 5.41) is 1.19. The summed E-state index contributed by atoms with van der Waals surface area (Å²) in [4.78, 5) is 4.40. The van der Waals surface area contributed by atoms with Gasteiger partial charge in [0.05, 0.1) is 5.52 Å². The van der Waals surface area contributed by atoms with E-state index in [9.17, 15) is 0 Å². The molecular weight excluding hydrogens is 232 g/mol. The first-order valence-corrected chi connectivity index (χ1v) is 7.12. The highest BCUT2D eigenvalue weighted by Crippen LogP contribution is 2.29. The van der Waals surface area contributed by atoms with Crippen molar-refractivity contribution in [1.29, 1.82) is 0 Å². The van der Waals surface area contributed by atoms with Crippen LogP contribution < -0.4 is 5.73 Å². The molecular formula is C17H20N2. The van der Waals surface area contributed by atoms with Gasteiger partial charge in [0.1, 0.15) is 0 Å². The van der Waals surface area contributed by atoms with Crippen LogP contribution in [0.2, 0.25) is 0 Å². The summed E-state index contributed by atoms with van der Waals surface area (Å²) in [6.07, 6.45) is 10.3. The Bertz CT molecular complexity index is 596. The molecule has 1 atom stereocenters.